The van der Waals surface area contributed by atoms with Crippen molar-refractivity contribution in [1.82, 2.24) is 5.32 Å². The molecular weight excluding hydrogens is 260 g/mol. The van der Waals surface area contributed by atoms with Crippen LogP contribution in [0.15, 0.2) is 42.5 Å². The minimum absolute atomic E-state index is 0.136. The number of aryl methyl sites for hydroxylation is 1. The fourth-order valence-corrected chi connectivity index (χ4v) is 1.94. The van der Waals surface area contributed by atoms with E-state index in [9.17, 15) is 4.79 Å². The van der Waals surface area contributed by atoms with Crippen molar-refractivity contribution in [3.05, 3.63) is 64.2 Å². The Labute approximate surface area is 117 Å². The SMILES string of the molecule is Cc1cc(C(=O)NCc2ccccc2Cl)ccc1N. The van der Waals surface area contributed by atoms with Crippen LogP contribution < -0.4 is 11.1 Å². The maximum atomic E-state index is 12.0. The number of carbonyl (C=O) groups excluding carboxylic acids is 1. The molecule has 4 heteroatoms. The number of nitrogens with one attached hydrogen (secondary N) is 1. The van der Waals surface area contributed by atoms with E-state index in [0.29, 0.717) is 22.8 Å². The van der Waals surface area contributed by atoms with Crippen LogP contribution in [0.4, 0.5) is 5.69 Å². The van der Waals surface area contributed by atoms with Gasteiger partial charge in [-0.15, -0.1) is 0 Å². The number of hydrogen-bond donors (Lipinski definition) is 2. The second-order valence-corrected chi connectivity index (χ2v) is 4.75. The molecule has 0 unspecified atom stereocenters. The molecule has 0 aliphatic heterocycles. The predicted octanol–water partition coefficient (Wildman–Crippen LogP) is 3.16. The number of carbonyl (C=O) groups is 1. The van der Waals surface area contributed by atoms with E-state index in [1.165, 1.54) is 0 Å². The smallest absolute Gasteiger partial charge is 0.251 e. The Balaban J connectivity index is 2.05. The number of halogens is 1. The molecule has 0 saturated carbocycles. The molecule has 0 fully saturated rings. The molecule has 0 radical (unpaired) electrons. The number of benzene rings is 2. The summed E-state index contributed by atoms with van der Waals surface area (Å²) in [7, 11) is 0. The lowest BCUT2D eigenvalue weighted by atomic mass is 10.1. The van der Waals surface area contributed by atoms with E-state index < -0.39 is 0 Å². The maximum absolute atomic E-state index is 12.0. The lowest BCUT2D eigenvalue weighted by Gasteiger charge is -2.08. The second kappa shape index (κ2) is 5.76. The monoisotopic (exact) mass is 274 g/mol. The molecule has 0 atom stereocenters. The Morgan fingerprint density at radius 2 is 2.00 bits per heavy atom. The van der Waals surface area contributed by atoms with Gasteiger partial charge in [0, 0.05) is 22.8 Å². The number of nitrogens with two attached hydrogens (primary N) is 1. The lowest BCUT2D eigenvalue weighted by Crippen LogP contribution is -2.23. The Bertz CT molecular complexity index is 611. The molecule has 0 aliphatic rings. The Kier molecular flexibility index (Phi) is 4.07. The summed E-state index contributed by atoms with van der Waals surface area (Å²) in [5, 5.41) is 3.49. The van der Waals surface area contributed by atoms with Gasteiger partial charge in [-0.05, 0) is 42.3 Å². The molecule has 0 heterocycles. The molecule has 1 amide bonds. The summed E-state index contributed by atoms with van der Waals surface area (Å²) in [6.45, 7) is 2.28. The molecule has 0 bridgehead atoms. The van der Waals surface area contributed by atoms with Crippen LogP contribution in [-0.4, -0.2) is 5.91 Å². The summed E-state index contributed by atoms with van der Waals surface area (Å²) < 4.78 is 0. The molecule has 19 heavy (non-hydrogen) atoms. The third-order valence-corrected chi connectivity index (χ3v) is 3.30. The Hall–Kier alpha value is -2.00. The van der Waals surface area contributed by atoms with Crippen LogP contribution in [0.3, 0.4) is 0 Å². The van der Waals surface area contributed by atoms with Crippen LogP contribution in [-0.2, 0) is 6.54 Å². The average Bonchev–Trinajstić information content (AvgIpc) is 2.40. The molecule has 0 spiro atoms. The zero-order valence-corrected chi connectivity index (χ0v) is 11.4. The highest BCUT2D eigenvalue weighted by molar-refractivity contribution is 6.31. The fourth-order valence-electron chi connectivity index (χ4n) is 1.74. The number of hydrogen-bond acceptors (Lipinski definition) is 2. The number of amides is 1. The molecule has 0 aromatic heterocycles. The predicted molar refractivity (Wildman–Crippen MR) is 78.2 cm³/mol. The molecule has 2 rings (SSSR count). The molecule has 0 aliphatic carbocycles. The summed E-state index contributed by atoms with van der Waals surface area (Å²) in [5.74, 6) is -0.136. The van der Waals surface area contributed by atoms with Crippen LogP contribution in [0.1, 0.15) is 21.5 Å². The highest BCUT2D eigenvalue weighted by Gasteiger charge is 2.07. The molecule has 2 aromatic carbocycles. The summed E-state index contributed by atoms with van der Waals surface area (Å²) in [5.41, 5.74) is 8.79. The minimum atomic E-state index is -0.136. The third-order valence-electron chi connectivity index (χ3n) is 2.93. The van der Waals surface area contributed by atoms with E-state index in [2.05, 4.69) is 5.32 Å². The average molecular weight is 275 g/mol. The normalized spacial score (nSPS) is 10.2. The first kappa shape index (κ1) is 13.4. The van der Waals surface area contributed by atoms with E-state index in [0.717, 1.165) is 11.1 Å². The minimum Gasteiger partial charge on any atom is -0.399 e. The third kappa shape index (κ3) is 3.26. The highest BCUT2D eigenvalue weighted by Crippen LogP contribution is 2.15. The lowest BCUT2D eigenvalue weighted by molar-refractivity contribution is 0.0951. The first-order chi connectivity index (χ1) is 9.08. The second-order valence-electron chi connectivity index (χ2n) is 4.35. The van der Waals surface area contributed by atoms with E-state index >= 15 is 0 Å². The van der Waals surface area contributed by atoms with Crippen LogP contribution >= 0.6 is 11.6 Å². The van der Waals surface area contributed by atoms with Crippen molar-refractivity contribution in [2.45, 2.75) is 13.5 Å². The molecule has 2 aromatic rings. The van der Waals surface area contributed by atoms with E-state index in [1.54, 1.807) is 24.3 Å². The van der Waals surface area contributed by atoms with Gasteiger partial charge in [0.2, 0.25) is 0 Å². The topological polar surface area (TPSA) is 55.1 Å². The van der Waals surface area contributed by atoms with Crippen molar-refractivity contribution in [3.63, 3.8) is 0 Å². The quantitative estimate of drug-likeness (QED) is 0.845. The summed E-state index contributed by atoms with van der Waals surface area (Å²) >= 11 is 6.03. The highest BCUT2D eigenvalue weighted by atomic mass is 35.5. The molecular formula is C15H15ClN2O. The van der Waals surface area contributed by atoms with Gasteiger partial charge in [-0.3, -0.25) is 4.79 Å². The van der Waals surface area contributed by atoms with Crippen molar-refractivity contribution >= 4 is 23.2 Å². The van der Waals surface area contributed by atoms with Gasteiger partial charge in [0.1, 0.15) is 0 Å². The van der Waals surface area contributed by atoms with Crippen LogP contribution in [0, 0.1) is 6.92 Å². The van der Waals surface area contributed by atoms with Gasteiger partial charge >= 0.3 is 0 Å². The van der Waals surface area contributed by atoms with Gasteiger partial charge in [0.15, 0.2) is 0 Å². The molecule has 3 nitrogen and oxygen atoms in total. The Morgan fingerprint density at radius 1 is 1.26 bits per heavy atom. The molecule has 98 valence electrons. The van der Waals surface area contributed by atoms with Crippen molar-refractivity contribution in [2.75, 3.05) is 5.73 Å². The van der Waals surface area contributed by atoms with Gasteiger partial charge in [-0.1, -0.05) is 29.8 Å². The summed E-state index contributed by atoms with van der Waals surface area (Å²) in [6, 6.07) is 12.7. The van der Waals surface area contributed by atoms with Crippen molar-refractivity contribution < 1.29 is 4.79 Å². The van der Waals surface area contributed by atoms with Crippen LogP contribution in [0.5, 0.6) is 0 Å². The van der Waals surface area contributed by atoms with Crippen LogP contribution in [0.2, 0.25) is 5.02 Å². The zero-order valence-electron chi connectivity index (χ0n) is 10.6. The van der Waals surface area contributed by atoms with E-state index in [-0.39, 0.29) is 5.91 Å². The largest absolute Gasteiger partial charge is 0.399 e. The zero-order chi connectivity index (χ0) is 13.8. The standard InChI is InChI=1S/C15H15ClN2O/c1-10-8-11(6-7-14(10)17)15(19)18-9-12-4-2-3-5-13(12)16/h2-8H,9,17H2,1H3,(H,18,19). The van der Waals surface area contributed by atoms with Crippen LogP contribution in [0.25, 0.3) is 0 Å². The van der Waals surface area contributed by atoms with Crippen molar-refractivity contribution in [2.24, 2.45) is 0 Å². The maximum Gasteiger partial charge on any atom is 0.251 e. The Morgan fingerprint density at radius 3 is 2.68 bits per heavy atom. The summed E-state index contributed by atoms with van der Waals surface area (Å²) in [6.07, 6.45) is 0. The van der Waals surface area contributed by atoms with Gasteiger partial charge in [-0.2, -0.15) is 0 Å². The fraction of sp³-hybridized carbons (Fsp3) is 0.133. The molecule has 0 saturated heterocycles. The van der Waals surface area contributed by atoms with E-state index in [1.807, 2.05) is 25.1 Å². The number of anilines is 1. The van der Waals surface area contributed by atoms with Crippen molar-refractivity contribution in [1.29, 1.82) is 0 Å². The number of rotatable bonds is 3. The van der Waals surface area contributed by atoms with Gasteiger partial charge in [0.25, 0.3) is 5.91 Å². The van der Waals surface area contributed by atoms with Crippen molar-refractivity contribution in [3.8, 4) is 0 Å². The molecule has 3 N–H and O–H groups in total. The van der Waals surface area contributed by atoms with Gasteiger partial charge < -0.3 is 11.1 Å². The first-order valence-electron chi connectivity index (χ1n) is 5.95. The van der Waals surface area contributed by atoms with Gasteiger partial charge in [0.05, 0.1) is 0 Å². The van der Waals surface area contributed by atoms with E-state index in [4.69, 9.17) is 17.3 Å². The summed E-state index contributed by atoms with van der Waals surface area (Å²) in [4.78, 5) is 12.0. The number of nitrogen functional groups attached to an aromatic ring is 1. The van der Waals surface area contributed by atoms with Gasteiger partial charge in [-0.25, -0.2) is 0 Å². The first-order valence-corrected chi connectivity index (χ1v) is 6.33.